The average molecular weight is 221 g/mol. The summed E-state index contributed by atoms with van der Waals surface area (Å²) in [4.78, 5) is 32.0. The van der Waals surface area contributed by atoms with Gasteiger partial charge in [-0.15, -0.1) is 0 Å². The summed E-state index contributed by atoms with van der Waals surface area (Å²) >= 11 is 0. The normalized spacial score (nSPS) is 9.25. The first kappa shape index (κ1) is 11.5. The van der Waals surface area contributed by atoms with Crippen molar-refractivity contribution in [2.45, 2.75) is 0 Å². The minimum atomic E-state index is -1.17. The van der Waals surface area contributed by atoms with Crippen LogP contribution >= 0.6 is 0 Å². The number of nitrogens with one attached hydrogen (secondary N) is 2. The SMILES string of the molecule is N=NC(=O)Nc1ccc(C(=O)O)cc1C=O. The van der Waals surface area contributed by atoms with Crippen LogP contribution in [0.5, 0.6) is 0 Å². The molecule has 0 aliphatic carbocycles. The van der Waals surface area contributed by atoms with Crippen LogP contribution in [0.15, 0.2) is 23.3 Å². The van der Waals surface area contributed by atoms with Crippen molar-refractivity contribution in [2.24, 2.45) is 5.11 Å². The highest BCUT2D eigenvalue weighted by atomic mass is 16.4. The number of aromatic carboxylic acids is 1. The Balaban J connectivity index is 3.11. The molecular weight excluding hydrogens is 214 g/mol. The highest BCUT2D eigenvalue weighted by molar-refractivity contribution is 5.98. The van der Waals surface area contributed by atoms with Crippen molar-refractivity contribution in [3.63, 3.8) is 0 Å². The molecule has 7 heteroatoms. The molecule has 82 valence electrons. The number of hydrogen-bond donors (Lipinski definition) is 3. The van der Waals surface area contributed by atoms with E-state index in [0.717, 1.165) is 6.07 Å². The molecular formula is C9H7N3O4. The third-order valence-electron chi connectivity index (χ3n) is 1.77. The number of nitrogens with zero attached hydrogens (tertiary/aromatic N) is 1. The molecule has 1 rings (SSSR count). The molecule has 0 saturated carbocycles. The quantitative estimate of drug-likeness (QED) is 0.531. The van der Waals surface area contributed by atoms with E-state index in [1.807, 2.05) is 0 Å². The fraction of sp³-hybridized carbons (Fsp3) is 0. The van der Waals surface area contributed by atoms with Gasteiger partial charge in [-0.1, -0.05) is 5.11 Å². The lowest BCUT2D eigenvalue weighted by Crippen LogP contribution is -2.08. The zero-order chi connectivity index (χ0) is 12.1. The van der Waals surface area contributed by atoms with Crippen molar-refractivity contribution in [2.75, 3.05) is 5.32 Å². The maximum absolute atomic E-state index is 10.8. The molecule has 16 heavy (non-hydrogen) atoms. The second-order valence-corrected chi connectivity index (χ2v) is 2.77. The van der Waals surface area contributed by atoms with Crippen LogP contribution in [0.1, 0.15) is 20.7 Å². The third kappa shape index (κ3) is 2.47. The number of carbonyl (C=O) groups excluding carboxylic acids is 2. The molecule has 7 nitrogen and oxygen atoms in total. The van der Waals surface area contributed by atoms with Crippen LogP contribution in [-0.2, 0) is 0 Å². The number of hydrogen-bond acceptors (Lipinski definition) is 4. The van der Waals surface area contributed by atoms with E-state index in [1.54, 1.807) is 0 Å². The van der Waals surface area contributed by atoms with Crippen molar-refractivity contribution < 1.29 is 19.5 Å². The lowest BCUT2D eigenvalue weighted by molar-refractivity contribution is 0.0697. The van der Waals surface area contributed by atoms with Crippen LogP contribution in [0.25, 0.3) is 0 Å². The highest BCUT2D eigenvalue weighted by Gasteiger charge is 2.09. The smallest absolute Gasteiger partial charge is 0.363 e. The van der Waals surface area contributed by atoms with E-state index in [1.165, 1.54) is 12.1 Å². The van der Waals surface area contributed by atoms with Gasteiger partial charge in [-0.05, 0) is 18.2 Å². The van der Waals surface area contributed by atoms with E-state index < -0.39 is 12.0 Å². The number of benzene rings is 1. The van der Waals surface area contributed by atoms with E-state index in [9.17, 15) is 14.4 Å². The number of carbonyl (C=O) groups is 3. The highest BCUT2D eigenvalue weighted by Crippen LogP contribution is 2.16. The maximum atomic E-state index is 10.8. The molecule has 1 aromatic rings. The minimum absolute atomic E-state index is 0.0110. The van der Waals surface area contributed by atoms with E-state index in [4.69, 9.17) is 10.6 Å². The van der Waals surface area contributed by atoms with Gasteiger partial charge in [0, 0.05) is 5.56 Å². The summed E-state index contributed by atoms with van der Waals surface area (Å²) in [6, 6.07) is 2.67. The van der Waals surface area contributed by atoms with Crippen LogP contribution in [0.3, 0.4) is 0 Å². The van der Waals surface area contributed by atoms with Gasteiger partial charge in [-0.3, -0.25) is 4.79 Å². The predicted octanol–water partition coefficient (Wildman–Crippen LogP) is 1.76. The van der Waals surface area contributed by atoms with Crippen molar-refractivity contribution in [1.82, 2.24) is 0 Å². The third-order valence-corrected chi connectivity index (χ3v) is 1.77. The zero-order valence-electron chi connectivity index (χ0n) is 7.93. The van der Waals surface area contributed by atoms with Crippen LogP contribution in [-0.4, -0.2) is 23.4 Å². The fourth-order valence-electron chi connectivity index (χ4n) is 1.05. The molecule has 0 atom stereocenters. The molecule has 0 saturated heterocycles. The molecule has 0 fully saturated rings. The van der Waals surface area contributed by atoms with Gasteiger partial charge in [0.1, 0.15) is 0 Å². The van der Waals surface area contributed by atoms with Gasteiger partial charge in [-0.25, -0.2) is 9.59 Å². The first-order valence-corrected chi connectivity index (χ1v) is 4.09. The van der Waals surface area contributed by atoms with Gasteiger partial charge >= 0.3 is 12.0 Å². The molecule has 3 N–H and O–H groups in total. The van der Waals surface area contributed by atoms with Gasteiger partial charge < -0.3 is 10.4 Å². The number of urea groups is 1. The largest absolute Gasteiger partial charge is 0.478 e. The number of rotatable bonds is 3. The maximum Gasteiger partial charge on any atom is 0.363 e. The second kappa shape index (κ2) is 4.78. The molecule has 0 spiro atoms. The Morgan fingerprint density at radius 3 is 2.62 bits per heavy atom. The molecule has 0 aliphatic rings. The second-order valence-electron chi connectivity index (χ2n) is 2.77. The summed E-state index contributed by atoms with van der Waals surface area (Å²) in [6.07, 6.45) is 0.409. The van der Waals surface area contributed by atoms with E-state index in [-0.39, 0.29) is 16.8 Å². The summed E-state index contributed by atoms with van der Waals surface area (Å²) in [5.74, 6) is -1.17. The zero-order valence-corrected chi connectivity index (χ0v) is 7.93. The molecule has 0 radical (unpaired) electrons. The summed E-state index contributed by atoms with van der Waals surface area (Å²) in [7, 11) is 0. The number of carboxylic acid groups (broad SMARTS) is 1. The van der Waals surface area contributed by atoms with Crippen LogP contribution in [0.4, 0.5) is 10.5 Å². The summed E-state index contributed by atoms with van der Waals surface area (Å²) in [5.41, 5.74) is 6.48. The Morgan fingerprint density at radius 1 is 1.44 bits per heavy atom. The van der Waals surface area contributed by atoms with Crippen LogP contribution < -0.4 is 5.32 Å². The van der Waals surface area contributed by atoms with Gasteiger partial charge in [0.2, 0.25) is 0 Å². The lowest BCUT2D eigenvalue weighted by atomic mass is 10.1. The van der Waals surface area contributed by atoms with Crippen molar-refractivity contribution >= 4 is 24.0 Å². The van der Waals surface area contributed by atoms with Crippen LogP contribution in [0, 0.1) is 5.53 Å². The Morgan fingerprint density at radius 2 is 2.12 bits per heavy atom. The standard InChI is InChI=1S/C9H7N3O4/c10-12-9(16)11-7-2-1-5(8(14)15)3-6(7)4-13/h1-4,10H,(H,11,16)(H,14,15). The van der Waals surface area contributed by atoms with Gasteiger partial charge in [0.15, 0.2) is 6.29 Å². The van der Waals surface area contributed by atoms with Crippen molar-refractivity contribution in [3.8, 4) is 0 Å². The molecule has 0 aliphatic heterocycles. The molecule has 1 aromatic carbocycles. The molecule has 2 amide bonds. The molecule has 0 aromatic heterocycles. The average Bonchev–Trinajstić information content (AvgIpc) is 2.29. The van der Waals surface area contributed by atoms with Crippen molar-refractivity contribution in [3.05, 3.63) is 29.3 Å². The van der Waals surface area contributed by atoms with E-state index in [2.05, 4.69) is 10.4 Å². The Hall–Kier alpha value is -2.57. The Labute approximate surface area is 89.6 Å². The summed E-state index contributed by atoms with van der Waals surface area (Å²) in [6.45, 7) is 0. The van der Waals surface area contributed by atoms with Crippen LogP contribution in [0.2, 0.25) is 0 Å². The van der Waals surface area contributed by atoms with E-state index in [0.29, 0.717) is 6.29 Å². The molecule has 0 heterocycles. The summed E-state index contributed by atoms with van der Waals surface area (Å²) < 4.78 is 0. The first-order valence-electron chi connectivity index (χ1n) is 4.09. The summed E-state index contributed by atoms with van der Waals surface area (Å²) in [5, 5.41) is 13.4. The minimum Gasteiger partial charge on any atom is -0.478 e. The Bertz CT molecular complexity index is 470. The van der Waals surface area contributed by atoms with Gasteiger partial charge in [-0.2, -0.15) is 5.53 Å². The fourth-order valence-corrected chi connectivity index (χ4v) is 1.05. The topological polar surface area (TPSA) is 120 Å². The predicted molar refractivity (Wildman–Crippen MR) is 53.0 cm³/mol. The number of amides is 2. The van der Waals surface area contributed by atoms with Gasteiger partial charge in [0.05, 0.1) is 11.3 Å². The number of aldehydes is 1. The van der Waals surface area contributed by atoms with Crippen molar-refractivity contribution in [1.29, 1.82) is 5.53 Å². The Kier molecular flexibility index (Phi) is 3.44. The lowest BCUT2D eigenvalue weighted by Gasteiger charge is -2.04. The number of anilines is 1. The first-order chi connectivity index (χ1) is 7.58. The number of carboxylic acids is 1. The van der Waals surface area contributed by atoms with E-state index >= 15 is 0 Å². The molecule has 0 unspecified atom stereocenters. The monoisotopic (exact) mass is 221 g/mol. The van der Waals surface area contributed by atoms with Gasteiger partial charge in [0.25, 0.3) is 0 Å². The molecule has 0 bridgehead atoms.